The van der Waals surface area contributed by atoms with E-state index in [1.807, 2.05) is 30.5 Å². The van der Waals surface area contributed by atoms with Gasteiger partial charge in [0.05, 0.1) is 12.2 Å². The highest BCUT2D eigenvalue weighted by Crippen LogP contribution is 2.16. The highest BCUT2D eigenvalue weighted by Gasteiger charge is 2.10. The molecule has 0 atom stereocenters. The summed E-state index contributed by atoms with van der Waals surface area (Å²) < 4.78 is 20.6. The Balaban J connectivity index is 1.53. The fourth-order valence-electron chi connectivity index (χ4n) is 2.32. The summed E-state index contributed by atoms with van der Waals surface area (Å²) >= 11 is 0. The zero-order valence-corrected chi connectivity index (χ0v) is 14.3. The number of halogens is 1. The van der Waals surface area contributed by atoms with Gasteiger partial charge in [-0.1, -0.05) is 18.2 Å². The smallest absolute Gasteiger partial charge is 0.321 e. The minimum absolute atomic E-state index is 0.174. The van der Waals surface area contributed by atoms with Gasteiger partial charge in [-0.15, -0.1) is 0 Å². The summed E-state index contributed by atoms with van der Waals surface area (Å²) in [5, 5.41) is 6.98. The van der Waals surface area contributed by atoms with Crippen molar-refractivity contribution >= 4 is 11.7 Å². The minimum atomic E-state index is -0.421. The zero-order valence-electron chi connectivity index (χ0n) is 14.3. The number of benzene rings is 2. The van der Waals surface area contributed by atoms with Gasteiger partial charge in [0.1, 0.15) is 6.61 Å². The van der Waals surface area contributed by atoms with Gasteiger partial charge in [0.2, 0.25) is 0 Å². The molecule has 6 nitrogen and oxygen atoms in total. The summed E-state index contributed by atoms with van der Waals surface area (Å²) in [5.74, 6) is -0.247. The summed E-state index contributed by atoms with van der Waals surface area (Å²) in [6.45, 7) is 0.511. The molecular weight excluding hydrogens is 335 g/mol. The Bertz CT molecular complexity index is 867. The molecule has 3 aromatic rings. The highest BCUT2D eigenvalue weighted by atomic mass is 19.1. The molecule has 1 heterocycles. The number of rotatable bonds is 6. The standard InChI is InChI=1S/C19H19FN4O2/c1-23(12-13-26-18-9-3-2-8-17(18)20)19(25)22-15-6-4-7-16(14-15)24-11-5-10-21-24/h2-11,14H,12-13H2,1H3,(H,22,25). The molecule has 2 amide bonds. The third-order valence-electron chi connectivity index (χ3n) is 3.73. The molecule has 1 N–H and O–H groups in total. The Kier molecular flexibility index (Phi) is 5.48. The van der Waals surface area contributed by atoms with E-state index >= 15 is 0 Å². The molecule has 0 bridgehead atoms. The number of likely N-dealkylation sites (N-methyl/N-ethyl adjacent to an activating group) is 1. The normalized spacial score (nSPS) is 10.4. The average Bonchev–Trinajstić information content (AvgIpc) is 3.18. The van der Waals surface area contributed by atoms with Gasteiger partial charge < -0.3 is 15.0 Å². The third-order valence-corrected chi connectivity index (χ3v) is 3.73. The van der Waals surface area contributed by atoms with Gasteiger partial charge in [0.25, 0.3) is 0 Å². The summed E-state index contributed by atoms with van der Waals surface area (Å²) in [7, 11) is 1.65. The van der Waals surface area contributed by atoms with Crippen molar-refractivity contribution in [3.63, 3.8) is 0 Å². The minimum Gasteiger partial charge on any atom is -0.489 e. The first-order valence-electron chi connectivity index (χ1n) is 8.13. The number of nitrogens with zero attached hydrogens (tertiary/aromatic N) is 3. The molecule has 0 saturated heterocycles. The molecule has 0 aliphatic carbocycles. The molecule has 7 heteroatoms. The number of ether oxygens (including phenoxy) is 1. The van der Waals surface area contributed by atoms with Crippen LogP contribution in [0.3, 0.4) is 0 Å². The molecule has 134 valence electrons. The van der Waals surface area contributed by atoms with E-state index in [1.165, 1.54) is 11.0 Å². The first-order chi connectivity index (χ1) is 12.6. The molecule has 0 radical (unpaired) electrons. The maximum atomic E-state index is 13.5. The van der Waals surface area contributed by atoms with Gasteiger partial charge in [-0.05, 0) is 36.4 Å². The van der Waals surface area contributed by atoms with Gasteiger partial charge in [0.15, 0.2) is 11.6 Å². The quantitative estimate of drug-likeness (QED) is 0.736. The molecule has 0 saturated carbocycles. The van der Waals surface area contributed by atoms with Crippen LogP contribution in [0.2, 0.25) is 0 Å². The van der Waals surface area contributed by atoms with E-state index in [2.05, 4.69) is 10.4 Å². The van der Waals surface area contributed by atoms with Crippen LogP contribution in [0, 0.1) is 5.82 Å². The number of nitrogens with one attached hydrogen (secondary N) is 1. The van der Waals surface area contributed by atoms with Crippen LogP contribution in [0.15, 0.2) is 67.0 Å². The van der Waals surface area contributed by atoms with Crippen molar-refractivity contribution in [3.05, 3.63) is 72.8 Å². The number of para-hydroxylation sites is 1. The monoisotopic (exact) mass is 354 g/mol. The molecule has 0 unspecified atom stereocenters. The molecule has 0 aliphatic rings. The molecular formula is C19H19FN4O2. The lowest BCUT2D eigenvalue weighted by atomic mass is 10.3. The van der Waals surface area contributed by atoms with Crippen LogP contribution in [0.1, 0.15) is 0 Å². The van der Waals surface area contributed by atoms with Gasteiger partial charge in [0, 0.05) is 25.1 Å². The number of carbonyl (C=O) groups excluding carboxylic acids is 1. The Labute approximate surface area is 150 Å². The van der Waals surface area contributed by atoms with Crippen molar-refractivity contribution in [2.45, 2.75) is 0 Å². The molecule has 0 fully saturated rings. The SMILES string of the molecule is CN(CCOc1ccccc1F)C(=O)Nc1cccc(-n2cccn2)c1. The van der Waals surface area contributed by atoms with Crippen molar-refractivity contribution in [1.29, 1.82) is 0 Å². The second-order valence-electron chi connectivity index (χ2n) is 5.63. The van der Waals surface area contributed by atoms with E-state index < -0.39 is 5.82 Å². The van der Waals surface area contributed by atoms with Crippen LogP contribution < -0.4 is 10.1 Å². The zero-order chi connectivity index (χ0) is 18.4. The number of carbonyl (C=O) groups is 1. The first-order valence-corrected chi connectivity index (χ1v) is 8.13. The van der Waals surface area contributed by atoms with Gasteiger partial charge in [-0.2, -0.15) is 5.10 Å². The van der Waals surface area contributed by atoms with Crippen LogP contribution in [-0.2, 0) is 0 Å². The summed E-state index contributed by atoms with van der Waals surface area (Å²) in [6, 6.07) is 15.1. The Morgan fingerprint density at radius 3 is 2.85 bits per heavy atom. The third kappa shape index (κ3) is 4.38. The topological polar surface area (TPSA) is 59.4 Å². The van der Waals surface area contributed by atoms with Crippen molar-refractivity contribution in [1.82, 2.24) is 14.7 Å². The number of anilines is 1. The van der Waals surface area contributed by atoms with Crippen LogP contribution >= 0.6 is 0 Å². The summed E-state index contributed by atoms with van der Waals surface area (Å²) in [4.78, 5) is 13.8. The van der Waals surface area contributed by atoms with E-state index in [-0.39, 0.29) is 18.4 Å². The lowest BCUT2D eigenvalue weighted by Crippen LogP contribution is -2.34. The number of aromatic nitrogens is 2. The largest absolute Gasteiger partial charge is 0.489 e. The summed E-state index contributed by atoms with van der Waals surface area (Å²) in [6.07, 6.45) is 3.52. The number of urea groups is 1. The molecule has 0 aliphatic heterocycles. The van der Waals surface area contributed by atoms with Crippen molar-refractivity contribution in [2.75, 3.05) is 25.5 Å². The van der Waals surface area contributed by atoms with E-state index in [0.29, 0.717) is 12.2 Å². The second-order valence-corrected chi connectivity index (χ2v) is 5.63. The van der Waals surface area contributed by atoms with Gasteiger partial charge >= 0.3 is 6.03 Å². The second kappa shape index (κ2) is 8.15. The van der Waals surface area contributed by atoms with Crippen molar-refractivity contribution in [3.8, 4) is 11.4 Å². The maximum Gasteiger partial charge on any atom is 0.321 e. The van der Waals surface area contributed by atoms with Gasteiger partial charge in [-0.25, -0.2) is 13.9 Å². The Morgan fingerprint density at radius 2 is 2.08 bits per heavy atom. The van der Waals surface area contributed by atoms with Crippen molar-refractivity contribution < 1.29 is 13.9 Å². The molecule has 2 aromatic carbocycles. The fraction of sp³-hybridized carbons (Fsp3) is 0.158. The Hall–Kier alpha value is -3.35. The van der Waals surface area contributed by atoms with E-state index in [4.69, 9.17) is 4.74 Å². The number of hydrogen-bond acceptors (Lipinski definition) is 3. The van der Waals surface area contributed by atoms with Gasteiger partial charge in [-0.3, -0.25) is 0 Å². The van der Waals surface area contributed by atoms with Crippen molar-refractivity contribution in [2.24, 2.45) is 0 Å². The Morgan fingerprint density at radius 1 is 1.23 bits per heavy atom. The molecule has 0 spiro atoms. The molecule has 3 rings (SSSR count). The number of amides is 2. The van der Waals surface area contributed by atoms with E-state index in [0.717, 1.165) is 5.69 Å². The average molecular weight is 354 g/mol. The first kappa shape index (κ1) is 17.5. The lowest BCUT2D eigenvalue weighted by Gasteiger charge is -2.18. The molecule has 26 heavy (non-hydrogen) atoms. The van der Waals surface area contributed by atoms with Crippen LogP contribution in [0.25, 0.3) is 5.69 Å². The highest BCUT2D eigenvalue weighted by molar-refractivity contribution is 5.89. The fourth-order valence-corrected chi connectivity index (χ4v) is 2.32. The maximum absolute atomic E-state index is 13.5. The lowest BCUT2D eigenvalue weighted by molar-refractivity contribution is 0.206. The van der Waals surface area contributed by atoms with E-state index in [1.54, 1.807) is 42.2 Å². The summed E-state index contributed by atoms with van der Waals surface area (Å²) in [5.41, 5.74) is 1.50. The molecule has 1 aromatic heterocycles. The van der Waals surface area contributed by atoms with Crippen LogP contribution in [0.4, 0.5) is 14.9 Å². The van der Waals surface area contributed by atoms with Crippen LogP contribution in [-0.4, -0.2) is 40.9 Å². The number of hydrogen-bond donors (Lipinski definition) is 1. The van der Waals surface area contributed by atoms with Crippen LogP contribution in [0.5, 0.6) is 5.75 Å². The van der Waals surface area contributed by atoms with E-state index in [9.17, 15) is 9.18 Å². The predicted octanol–water partition coefficient (Wildman–Crippen LogP) is 3.55. The predicted molar refractivity (Wildman–Crippen MR) is 97.1 cm³/mol.